The highest BCUT2D eigenvalue weighted by Gasteiger charge is 2.00. The van der Waals surface area contributed by atoms with E-state index in [9.17, 15) is 9.59 Å². The Morgan fingerprint density at radius 2 is 2.13 bits per heavy atom. The summed E-state index contributed by atoms with van der Waals surface area (Å²) < 4.78 is 0. The van der Waals surface area contributed by atoms with Crippen molar-refractivity contribution in [3.05, 3.63) is 36.0 Å². The van der Waals surface area contributed by atoms with Gasteiger partial charge in [0, 0.05) is 12.8 Å². The molecule has 1 aliphatic carbocycles. The fourth-order valence-electron chi connectivity index (χ4n) is 1.28. The zero-order valence-corrected chi connectivity index (χ0v) is 8.61. The molecule has 1 rings (SSSR count). The van der Waals surface area contributed by atoms with Gasteiger partial charge in [-0.1, -0.05) is 24.3 Å². The molecule has 3 nitrogen and oxygen atoms in total. The molecule has 0 aromatic heterocycles. The smallest absolute Gasteiger partial charge is 0.217 e. The van der Waals surface area contributed by atoms with Crippen LogP contribution in [-0.2, 0) is 9.59 Å². The number of allylic oxidation sites excluding steroid dienone is 6. The predicted molar refractivity (Wildman–Crippen MR) is 59.0 cm³/mol. The van der Waals surface area contributed by atoms with E-state index in [1.165, 1.54) is 6.08 Å². The Morgan fingerprint density at radius 1 is 1.33 bits per heavy atom. The Hall–Kier alpha value is -1.64. The van der Waals surface area contributed by atoms with Crippen molar-refractivity contribution in [3.63, 3.8) is 0 Å². The van der Waals surface area contributed by atoms with Crippen molar-refractivity contribution in [1.29, 1.82) is 0 Å². The van der Waals surface area contributed by atoms with Gasteiger partial charge in [-0.2, -0.15) is 0 Å². The summed E-state index contributed by atoms with van der Waals surface area (Å²) in [5.74, 6) is -0.498. The molecule has 0 spiro atoms. The van der Waals surface area contributed by atoms with Crippen LogP contribution in [0.5, 0.6) is 0 Å². The van der Waals surface area contributed by atoms with Gasteiger partial charge in [-0.25, -0.2) is 0 Å². The summed E-state index contributed by atoms with van der Waals surface area (Å²) in [6.45, 7) is 0. The molecule has 0 aliphatic heterocycles. The van der Waals surface area contributed by atoms with Crippen LogP contribution in [0.4, 0.5) is 0 Å². The van der Waals surface area contributed by atoms with E-state index in [-0.39, 0.29) is 18.6 Å². The van der Waals surface area contributed by atoms with Crippen molar-refractivity contribution in [3.8, 4) is 0 Å². The second kappa shape index (κ2) is 5.96. The van der Waals surface area contributed by atoms with Gasteiger partial charge in [-0.15, -0.1) is 0 Å². The molecule has 0 fully saturated rings. The van der Waals surface area contributed by atoms with E-state index < -0.39 is 5.91 Å². The number of carbonyl (C=O) groups excluding carboxylic acids is 2. The molecule has 80 valence electrons. The predicted octanol–water partition coefficient (Wildman–Crippen LogP) is 1.65. The average Bonchev–Trinajstić information content (AvgIpc) is 2.25. The zero-order chi connectivity index (χ0) is 11.1. The molecule has 0 aromatic rings. The van der Waals surface area contributed by atoms with Crippen LogP contribution < -0.4 is 5.73 Å². The lowest BCUT2D eigenvalue weighted by Gasteiger charge is -2.00. The number of amides is 1. The Labute approximate surface area is 89.3 Å². The molecule has 15 heavy (non-hydrogen) atoms. The van der Waals surface area contributed by atoms with E-state index in [1.807, 2.05) is 6.08 Å². The number of rotatable bonds is 5. The third kappa shape index (κ3) is 4.96. The number of hydrogen-bond donors (Lipinski definition) is 1. The summed E-state index contributed by atoms with van der Waals surface area (Å²) in [4.78, 5) is 21.7. The van der Waals surface area contributed by atoms with Crippen LogP contribution in [0.3, 0.4) is 0 Å². The van der Waals surface area contributed by atoms with E-state index in [1.54, 1.807) is 6.08 Å². The zero-order valence-electron chi connectivity index (χ0n) is 8.61. The Balaban J connectivity index is 2.36. The second-order valence-electron chi connectivity index (χ2n) is 3.45. The van der Waals surface area contributed by atoms with Gasteiger partial charge in [-0.3, -0.25) is 9.59 Å². The van der Waals surface area contributed by atoms with Crippen molar-refractivity contribution in [1.82, 2.24) is 0 Å². The molecule has 0 saturated heterocycles. The average molecular weight is 205 g/mol. The molecule has 0 aromatic carbocycles. The third-order valence-electron chi connectivity index (χ3n) is 2.10. The van der Waals surface area contributed by atoms with Gasteiger partial charge < -0.3 is 5.73 Å². The maximum Gasteiger partial charge on any atom is 0.217 e. The van der Waals surface area contributed by atoms with Crippen molar-refractivity contribution < 1.29 is 9.59 Å². The van der Waals surface area contributed by atoms with Gasteiger partial charge >= 0.3 is 0 Å². The van der Waals surface area contributed by atoms with Gasteiger partial charge in [0.2, 0.25) is 5.91 Å². The van der Waals surface area contributed by atoms with Crippen LogP contribution in [0.25, 0.3) is 0 Å². The van der Waals surface area contributed by atoms with Crippen LogP contribution >= 0.6 is 0 Å². The summed E-state index contributed by atoms with van der Waals surface area (Å²) in [6.07, 6.45) is 11.8. The van der Waals surface area contributed by atoms with Gasteiger partial charge in [-0.05, 0) is 24.5 Å². The minimum atomic E-state index is -0.437. The number of primary amides is 1. The molecule has 1 aliphatic rings. The van der Waals surface area contributed by atoms with Crippen LogP contribution in [0.15, 0.2) is 36.0 Å². The third-order valence-corrected chi connectivity index (χ3v) is 2.10. The molecular formula is C12H15NO2. The highest BCUT2D eigenvalue weighted by atomic mass is 16.1. The Morgan fingerprint density at radius 3 is 2.73 bits per heavy atom. The first-order chi connectivity index (χ1) is 7.18. The minimum Gasteiger partial charge on any atom is -0.370 e. The van der Waals surface area contributed by atoms with Gasteiger partial charge in [0.05, 0.1) is 0 Å². The standard InChI is InChI=1S/C12H15NO2/c13-12(15)9-8-11(14)7-6-10-4-2-1-3-5-10/h2,4-7H,1,3,8-9H2,(H2,13,15)/b7-6+. The van der Waals surface area contributed by atoms with Crippen LogP contribution in [-0.4, -0.2) is 11.7 Å². The molecule has 1 amide bonds. The molecule has 0 atom stereocenters. The van der Waals surface area contributed by atoms with Crippen molar-refractivity contribution in [2.75, 3.05) is 0 Å². The molecular weight excluding hydrogens is 190 g/mol. The largest absolute Gasteiger partial charge is 0.370 e. The van der Waals surface area contributed by atoms with Crippen molar-refractivity contribution >= 4 is 11.7 Å². The van der Waals surface area contributed by atoms with E-state index in [0.29, 0.717) is 0 Å². The first-order valence-electron chi connectivity index (χ1n) is 5.04. The minimum absolute atomic E-state index is 0.0614. The Kier molecular flexibility index (Phi) is 4.54. The number of ketones is 1. The fourth-order valence-corrected chi connectivity index (χ4v) is 1.28. The molecule has 0 bridgehead atoms. The highest BCUT2D eigenvalue weighted by molar-refractivity contribution is 5.92. The second-order valence-corrected chi connectivity index (χ2v) is 3.45. The van der Waals surface area contributed by atoms with Crippen LogP contribution in [0, 0.1) is 0 Å². The van der Waals surface area contributed by atoms with E-state index in [4.69, 9.17) is 5.73 Å². The van der Waals surface area contributed by atoms with Crippen LogP contribution in [0.2, 0.25) is 0 Å². The van der Waals surface area contributed by atoms with E-state index >= 15 is 0 Å². The normalized spacial score (nSPS) is 15.3. The summed E-state index contributed by atoms with van der Waals surface area (Å²) in [7, 11) is 0. The lowest BCUT2D eigenvalue weighted by atomic mass is 10.1. The first-order valence-corrected chi connectivity index (χ1v) is 5.04. The molecule has 0 saturated carbocycles. The SMILES string of the molecule is NC(=O)CCC(=O)/C=C/C1=CCCC=C1. The molecule has 3 heteroatoms. The van der Waals surface area contributed by atoms with E-state index in [0.717, 1.165) is 18.4 Å². The lowest BCUT2D eigenvalue weighted by Crippen LogP contribution is -2.11. The van der Waals surface area contributed by atoms with Crippen molar-refractivity contribution in [2.24, 2.45) is 5.73 Å². The summed E-state index contributed by atoms with van der Waals surface area (Å²) >= 11 is 0. The quantitative estimate of drug-likeness (QED) is 0.694. The van der Waals surface area contributed by atoms with Crippen molar-refractivity contribution in [2.45, 2.75) is 25.7 Å². The van der Waals surface area contributed by atoms with E-state index in [2.05, 4.69) is 12.2 Å². The summed E-state index contributed by atoms with van der Waals surface area (Å²) in [5.41, 5.74) is 5.99. The highest BCUT2D eigenvalue weighted by Crippen LogP contribution is 2.10. The van der Waals surface area contributed by atoms with Gasteiger partial charge in [0.15, 0.2) is 5.78 Å². The molecule has 0 unspecified atom stereocenters. The number of hydrogen-bond acceptors (Lipinski definition) is 2. The summed E-state index contributed by atoms with van der Waals surface area (Å²) in [5, 5.41) is 0. The number of nitrogens with two attached hydrogens (primary N) is 1. The molecule has 0 heterocycles. The lowest BCUT2D eigenvalue weighted by molar-refractivity contribution is -0.121. The molecule has 0 radical (unpaired) electrons. The monoisotopic (exact) mass is 205 g/mol. The van der Waals surface area contributed by atoms with Gasteiger partial charge in [0.25, 0.3) is 0 Å². The summed E-state index contributed by atoms with van der Waals surface area (Å²) in [6, 6.07) is 0. The maximum absolute atomic E-state index is 11.2. The van der Waals surface area contributed by atoms with Crippen LogP contribution in [0.1, 0.15) is 25.7 Å². The Bertz CT molecular complexity index is 338. The van der Waals surface area contributed by atoms with Gasteiger partial charge in [0.1, 0.15) is 0 Å². The number of carbonyl (C=O) groups is 2. The topological polar surface area (TPSA) is 60.2 Å². The fraction of sp³-hybridized carbons (Fsp3) is 0.333. The molecule has 2 N–H and O–H groups in total. The maximum atomic E-state index is 11.2. The first kappa shape index (κ1) is 11.4.